The standard InChI is InChI=1S/C14H22N2O2/c1-10(9-15)5-4-8-16-14(18)12-7-3-6-11(2)13(12)17/h3,6-7,10,17H,4-5,8-9,15H2,1-2H3,(H,16,18). The van der Waals surface area contributed by atoms with Crippen LogP contribution in [0.1, 0.15) is 35.7 Å². The fourth-order valence-corrected chi connectivity index (χ4v) is 1.71. The topological polar surface area (TPSA) is 75.4 Å². The van der Waals surface area contributed by atoms with Crippen LogP contribution in [0.25, 0.3) is 0 Å². The number of hydrogen-bond donors (Lipinski definition) is 3. The second kappa shape index (κ2) is 7.01. The number of carbonyl (C=O) groups is 1. The molecular weight excluding hydrogens is 228 g/mol. The molecule has 0 aromatic heterocycles. The van der Waals surface area contributed by atoms with E-state index in [-0.39, 0.29) is 11.7 Å². The Morgan fingerprint density at radius 2 is 2.22 bits per heavy atom. The maximum Gasteiger partial charge on any atom is 0.255 e. The number of phenolic OH excluding ortho intramolecular Hbond substituents is 1. The van der Waals surface area contributed by atoms with Crippen molar-refractivity contribution in [2.24, 2.45) is 11.7 Å². The van der Waals surface area contributed by atoms with Crippen LogP contribution in [0.5, 0.6) is 5.75 Å². The van der Waals surface area contributed by atoms with Crippen LogP contribution in [-0.2, 0) is 0 Å². The average Bonchev–Trinajstić information content (AvgIpc) is 2.37. The van der Waals surface area contributed by atoms with Gasteiger partial charge in [0.15, 0.2) is 0 Å². The molecule has 0 spiro atoms. The minimum atomic E-state index is -0.225. The Kier molecular flexibility index (Phi) is 5.65. The van der Waals surface area contributed by atoms with Crippen LogP contribution >= 0.6 is 0 Å². The van der Waals surface area contributed by atoms with Gasteiger partial charge in [-0.25, -0.2) is 0 Å². The Morgan fingerprint density at radius 1 is 1.50 bits per heavy atom. The van der Waals surface area contributed by atoms with E-state index in [9.17, 15) is 9.90 Å². The second-order valence-electron chi connectivity index (χ2n) is 4.71. The molecule has 0 fully saturated rings. The van der Waals surface area contributed by atoms with E-state index >= 15 is 0 Å². The van der Waals surface area contributed by atoms with E-state index in [1.807, 2.05) is 0 Å². The summed E-state index contributed by atoms with van der Waals surface area (Å²) in [7, 11) is 0. The van der Waals surface area contributed by atoms with Gasteiger partial charge in [0.1, 0.15) is 5.75 Å². The molecule has 0 bridgehead atoms. The lowest BCUT2D eigenvalue weighted by Gasteiger charge is -2.10. The largest absolute Gasteiger partial charge is 0.507 e. The summed E-state index contributed by atoms with van der Waals surface area (Å²) in [4.78, 5) is 11.8. The summed E-state index contributed by atoms with van der Waals surface area (Å²) in [6.07, 6.45) is 1.90. The second-order valence-corrected chi connectivity index (χ2v) is 4.71. The summed E-state index contributed by atoms with van der Waals surface area (Å²) in [5, 5.41) is 12.6. The Morgan fingerprint density at radius 3 is 2.89 bits per heavy atom. The van der Waals surface area contributed by atoms with Gasteiger partial charge in [0.05, 0.1) is 5.56 Å². The van der Waals surface area contributed by atoms with Crippen molar-refractivity contribution in [3.8, 4) is 5.75 Å². The van der Waals surface area contributed by atoms with E-state index in [4.69, 9.17) is 5.73 Å². The molecule has 0 radical (unpaired) electrons. The number of amides is 1. The number of nitrogens with two attached hydrogens (primary N) is 1. The molecule has 1 aromatic rings. The molecule has 1 aromatic carbocycles. The van der Waals surface area contributed by atoms with Gasteiger partial charge in [0, 0.05) is 6.54 Å². The smallest absolute Gasteiger partial charge is 0.255 e. The number of rotatable bonds is 6. The van der Waals surface area contributed by atoms with Crippen LogP contribution in [0.15, 0.2) is 18.2 Å². The molecular formula is C14H22N2O2. The third-order valence-corrected chi connectivity index (χ3v) is 3.04. The van der Waals surface area contributed by atoms with Crippen LogP contribution in [0.2, 0.25) is 0 Å². The zero-order valence-electron chi connectivity index (χ0n) is 11.1. The monoisotopic (exact) mass is 250 g/mol. The van der Waals surface area contributed by atoms with Crippen molar-refractivity contribution < 1.29 is 9.90 Å². The number of hydrogen-bond acceptors (Lipinski definition) is 3. The Bertz CT molecular complexity index is 405. The molecule has 1 unspecified atom stereocenters. The molecule has 1 amide bonds. The Hall–Kier alpha value is -1.55. The van der Waals surface area contributed by atoms with Gasteiger partial charge in [-0.05, 0) is 43.9 Å². The minimum Gasteiger partial charge on any atom is -0.507 e. The predicted molar refractivity (Wildman–Crippen MR) is 72.6 cm³/mol. The molecule has 0 heterocycles. The molecule has 0 aliphatic carbocycles. The molecule has 18 heavy (non-hydrogen) atoms. The maximum atomic E-state index is 11.8. The average molecular weight is 250 g/mol. The quantitative estimate of drug-likeness (QED) is 0.674. The zero-order chi connectivity index (χ0) is 13.5. The first-order valence-electron chi connectivity index (χ1n) is 6.33. The lowest BCUT2D eigenvalue weighted by atomic mass is 10.1. The Balaban J connectivity index is 2.44. The minimum absolute atomic E-state index is 0.0605. The number of phenols is 1. The molecule has 100 valence electrons. The molecule has 0 saturated heterocycles. The number of aryl methyl sites for hydroxylation is 1. The molecule has 4 nitrogen and oxygen atoms in total. The van der Waals surface area contributed by atoms with Crippen LogP contribution < -0.4 is 11.1 Å². The third kappa shape index (κ3) is 4.04. The van der Waals surface area contributed by atoms with Gasteiger partial charge < -0.3 is 16.2 Å². The maximum absolute atomic E-state index is 11.8. The van der Waals surface area contributed by atoms with Crippen LogP contribution in [-0.4, -0.2) is 24.1 Å². The van der Waals surface area contributed by atoms with Gasteiger partial charge in [0.25, 0.3) is 5.91 Å². The summed E-state index contributed by atoms with van der Waals surface area (Å²) in [6, 6.07) is 5.16. The van der Waals surface area contributed by atoms with Crippen molar-refractivity contribution in [3.05, 3.63) is 29.3 Å². The van der Waals surface area contributed by atoms with Crippen molar-refractivity contribution in [2.45, 2.75) is 26.7 Å². The molecule has 1 rings (SSSR count). The van der Waals surface area contributed by atoms with Crippen LogP contribution in [0.4, 0.5) is 0 Å². The van der Waals surface area contributed by atoms with Crippen LogP contribution in [0.3, 0.4) is 0 Å². The molecule has 4 heteroatoms. The molecule has 1 atom stereocenters. The number of para-hydroxylation sites is 1. The van der Waals surface area contributed by atoms with Gasteiger partial charge in [-0.2, -0.15) is 0 Å². The third-order valence-electron chi connectivity index (χ3n) is 3.04. The number of aromatic hydroxyl groups is 1. The van der Waals surface area contributed by atoms with E-state index in [0.717, 1.165) is 12.8 Å². The summed E-state index contributed by atoms with van der Waals surface area (Å²) in [5.74, 6) is 0.316. The van der Waals surface area contributed by atoms with E-state index in [2.05, 4.69) is 12.2 Å². The van der Waals surface area contributed by atoms with Gasteiger partial charge >= 0.3 is 0 Å². The molecule has 0 saturated carbocycles. The van der Waals surface area contributed by atoms with E-state index in [1.165, 1.54) is 0 Å². The van der Waals surface area contributed by atoms with Crippen LogP contribution in [0, 0.1) is 12.8 Å². The number of nitrogens with one attached hydrogen (secondary N) is 1. The fourth-order valence-electron chi connectivity index (χ4n) is 1.71. The van der Waals surface area contributed by atoms with Crippen molar-refractivity contribution in [1.82, 2.24) is 5.32 Å². The summed E-state index contributed by atoms with van der Waals surface area (Å²) < 4.78 is 0. The highest BCUT2D eigenvalue weighted by molar-refractivity contribution is 5.97. The van der Waals surface area contributed by atoms with Crippen molar-refractivity contribution in [3.63, 3.8) is 0 Å². The summed E-state index contributed by atoms with van der Waals surface area (Å²) in [6.45, 7) is 5.15. The molecule has 4 N–H and O–H groups in total. The van der Waals surface area contributed by atoms with Gasteiger partial charge in [-0.1, -0.05) is 19.1 Å². The SMILES string of the molecule is Cc1cccc(C(=O)NCCCC(C)CN)c1O. The van der Waals surface area contributed by atoms with Gasteiger partial charge in [-0.3, -0.25) is 4.79 Å². The number of carbonyl (C=O) groups excluding carboxylic acids is 1. The lowest BCUT2D eigenvalue weighted by molar-refractivity contribution is 0.0949. The fraction of sp³-hybridized carbons (Fsp3) is 0.500. The molecule has 0 aliphatic rings. The Labute approximate surface area is 108 Å². The van der Waals surface area contributed by atoms with Crippen molar-refractivity contribution in [1.29, 1.82) is 0 Å². The predicted octanol–water partition coefficient (Wildman–Crippen LogP) is 1.81. The first-order valence-corrected chi connectivity index (χ1v) is 6.33. The highest BCUT2D eigenvalue weighted by Gasteiger charge is 2.11. The number of benzene rings is 1. The highest BCUT2D eigenvalue weighted by Crippen LogP contribution is 2.20. The van der Waals surface area contributed by atoms with E-state index in [1.54, 1.807) is 25.1 Å². The van der Waals surface area contributed by atoms with Gasteiger partial charge in [-0.15, -0.1) is 0 Å². The first-order chi connectivity index (χ1) is 8.56. The summed E-state index contributed by atoms with van der Waals surface area (Å²) in [5.41, 5.74) is 6.56. The van der Waals surface area contributed by atoms with Crippen molar-refractivity contribution in [2.75, 3.05) is 13.1 Å². The van der Waals surface area contributed by atoms with E-state index in [0.29, 0.717) is 30.1 Å². The van der Waals surface area contributed by atoms with Crippen molar-refractivity contribution >= 4 is 5.91 Å². The highest BCUT2D eigenvalue weighted by atomic mass is 16.3. The lowest BCUT2D eigenvalue weighted by Crippen LogP contribution is -2.25. The molecule has 0 aliphatic heterocycles. The normalized spacial score (nSPS) is 12.2. The summed E-state index contributed by atoms with van der Waals surface area (Å²) >= 11 is 0. The van der Waals surface area contributed by atoms with E-state index < -0.39 is 0 Å². The van der Waals surface area contributed by atoms with Gasteiger partial charge in [0.2, 0.25) is 0 Å². The zero-order valence-corrected chi connectivity index (χ0v) is 11.1. The first kappa shape index (κ1) is 14.5.